The fourth-order valence-corrected chi connectivity index (χ4v) is 1.21. The third kappa shape index (κ3) is 3.06. The highest BCUT2D eigenvalue weighted by molar-refractivity contribution is 5.35. The zero-order valence-electron chi connectivity index (χ0n) is 8.03. The Balaban J connectivity index is 2.29. The fourth-order valence-electron chi connectivity index (χ4n) is 1.21. The largest absolute Gasteiger partial charge is 0.396 e. The van der Waals surface area contributed by atoms with Crippen LogP contribution in [0.3, 0.4) is 0 Å². The van der Waals surface area contributed by atoms with Crippen LogP contribution in [0.25, 0.3) is 0 Å². The molecule has 74 valence electrons. The molecule has 0 saturated heterocycles. The van der Waals surface area contributed by atoms with Gasteiger partial charge in [-0.15, -0.1) is 0 Å². The van der Waals surface area contributed by atoms with Crippen LogP contribution < -0.4 is 5.73 Å². The number of unbranched alkanes of at least 4 members (excludes halogenated alkanes) is 2. The van der Waals surface area contributed by atoms with Crippen LogP contribution in [0, 0.1) is 6.92 Å². The molecule has 0 fully saturated rings. The van der Waals surface area contributed by atoms with E-state index in [2.05, 4.69) is 5.10 Å². The summed E-state index contributed by atoms with van der Waals surface area (Å²) in [4.78, 5) is 0. The zero-order valence-corrected chi connectivity index (χ0v) is 8.03. The smallest absolute Gasteiger partial charge is 0.148 e. The summed E-state index contributed by atoms with van der Waals surface area (Å²) in [5.74, 6) is 0.613. The molecule has 0 aliphatic rings. The van der Waals surface area contributed by atoms with E-state index in [1.54, 1.807) is 0 Å². The topological polar surface area (TPSA) is 64.1 Å². The van der Waals surface area contributed by atoms with E-state index in [0.717, 1.165) is 31.4 Å². The van der Waals surface area contributed by atoms with Crippen LogP contribution in [0.4, 0.5) is 5.82 Å². The Bertz CT molecular complexity index is 238. The standard InChI is InChI=1S/C9H17N3O/c1-8-7-12(11-9(8)10)5-3-2-4-6-13/h7,13H,2-6H2,1H3,(H2,10,11). The minimum atomic E-state index is 0.278. The van der Waals surface area contributed by atoms with Crippen LogP contribution in [0.2, 0.25) is 0 Å². The highest BCUT2D eigenvalue weighted by atomic mass is 16.2. The van der Waals surface area contributed by atoms with E-state index in [4.69, 9.17) is 10.8 Å². The van der Waals surface area contributed by atoms with E-state index in [1.165, 1.54) is 0 Å². The zero-order chi connectivity index (χ0) is 9.68. The third-order valence-corrected chi connectivity index (χ3v) is 2.03. The van der Waals surface area contributed by atoms with Crippen molar-refractivity contribution in [2.24, 2.45) is 0 Å². The highest BCUT2D eigenvalue weighted by Crippen LogP contribution is 2.07. The molecule has 13 heavy (non-hydrogen) atoms. The number of hydrogen-bond donors (Lipinski definition) is 2. The lowest BCUT2D eigenvalue weighted by Crippen LogP contribution is -1.99. The molecule has 1 heterocycles. The Morgan fingerprint density at radius 3 is 2.77 bits per heavy atom. The number of anilines is 1. The van der Waals surface area contributed by atoms with Crippen LogP contribution >= 0.6 is 0 Å². The number of nitrogens with zero attached hydrogens (tertiary/aromatic N) is 2. The van der Waals surface area contributed by atoms with Gasteiger partial charge in [0.2, 0.25) is 0 Å². The molecule has 0 unspecified atom stereocenters. The molecule has 0 spiro atoms. The molecular formula is C9H17N3O. The molecule has 1 rings (SSSR count). The number of nitrogen functional groups attached to an aromatic ring is 1. The molecule has 0 radical (unpaired) electrons. The average Bonchev–Trinajstić information content (AvgIpc) is 2.41. The van der Waals surface area contributed by atoms with Crippen LogP contribution in [-0.4, -0.2) is 21.5 Å². The van der Waals surface area contributed by atoms with E-state index in [0.29, 0.717) is 5.82 Å². The molecule has 0 aliphatic carbocycles. The van der Waals surface area contributed by atoms with Gasteiger partial charge in [0.25, 0.3) is 0 Å². The van der Waals surface area contributed by atoms with Gasteiger partial charge < -0.3 is 10.8 Å². The highest BCUT2D eigenvalue weighted by Gasteiger charge is 1.99. The Labute approximate surface area is 78.4 Å². The van der Waals surface area contributed by atoms with Crippen molar-refractivity contribution >= 4 is 5.82 Å². The number of aliphatic hydroxyl groups excluding tert-OH is 1. The summed E-state index contributed by atoms with van der Waals surface area (Å²) in [5.41, 5.74) is 6.63. The van der Waals surface area contributed by atoms with E-state index < -0.39 is 0 Å². The molecule has 0 bridgehead atoms. The molecule has 4 nitrogen and oxygen atoms in total. The predicted octanol–water partition coefficient (Wildman–Crippen LogP) is 0.936. The Morgan fingerprint density at radius 1 is 1.46 bits per heavy atom. The monoisotopic (exact) mass is 183 g/mol. The Morgan fingerprint density at radius 2 is 2.23 bits per heavy atom. The predicted molar refractivity (Wildman–Crippen MR) is 52.3 cm³/mol. The number of aryl methyl sites for hydroxylation is 2. The van der Waals surface area contributed by atoms with Gasteiger partial charge in [0, 0.05) is 24.9 Å². The average molecular weight is 183 g/mol. The first-order valence-corrected chi connectivity index (χ1v) is 4.64. The summed E-state index contributed by atoms with van der Waals surface area (Å²) in [6.45, 7) is 3.12. The second-order valence-corrected chi connectivity index (χ2v) is 3.24. The maximum absolute atomic E-state index is 8.57. The second kappa shape index (κ2) is 4.87. The number of nitrogens with two attached hydrogens (primary N) is 1. The van der Waals surface area contributed by atoms with Gasteiger partial charge in [0.05, 0.1) is 0 Å². The van der Waals surface area contributed by atoms with Crippen LogP contribution in [0.15, 0.2) is 6.20 Å². The number of aromatic nitrogens is 2. The molecule has 4 heteroatoms. The first-order chi connectivity index (χ1) is 6.24. The van der Waals surface area contributed by atoms with Crippen molar-refractivity contribution in [2.75, 3.05) is 12.3 Å². The molecule has 0 aliphatic heterocycles. The fraction of sp³-hybridized carbons (Fsp3) is 0.667. The summed E-state index contributed by atoms with van der Waals surface area (Å²) in [6, 6.07) is 0. The lowest BCUT2D eigenvalue weighted by atomic mass is 10.2. The van der Waals surface area contributed by atoms with Crippen LogP contribution in [0.1, 0.15) is 24.8 Å². The Kier molecular flexibility index (Phi) is 3.76. The first kappa shape index (κ1) is 10.1. The van der Waals surface area contributed by atoms with E-state index in [-0.39, 0.29) is 6.61 Å². The quantitative estimate of drug-likeness (QED) is 0.668. The van der Waals surface area contributed by atoms with Crippen molar-refractivity contribution in [3.8, 4) is 0 Å². The van der Waals surface area contributed by atoms with E-state index in [1.807, 2.05) is 17.8 Å². The number of rotatable bonds is 5. The summed E-state index contributed by atoms with van der Waals surface area (Å²) in [5, 5.41) is 12.7. The lowest BCUT2D eigenvalue weighted by molar-refractivity contribution is 0.281. The molecule has 0 atom stereocenters. The van der Waals surface area contributed by atoms with Crippen molar-refractivity contribution in [3.63, 3.8) is 0 Å². The van der Waals surface area contributed by atoms with Gasteiger partial charge in [-0.05, 0) is 26.2 Å². The number of hydrogen-bond acceptors (Lipinski definition) is 3. The maximum atomic E-state index is 8.57. The summed E-state index contributed by atoms with van der Waals surface area (Å²) in [6.07, 6.45) is 4.90. The summed E-state index contributed by atoms with van der Waals surface area (Å²) >= 11 is 0. The summed E-state index contributed by atoms with van der Waals surface area (Å²) < 4.78 is 1.86. The van der Waals surface area contributed by atoms with Crippen LogP contribution in [0.5, 0.6) is 0 Å². The van der Waals surface area contributed by atoms with Gasteiger partial charge in [-0.2, -0.15) is 5.10 Å². The molecule has 1 aromatic rings. The molecule has 0 aromatic carbocycles. The van der Waals surface area contributed by atoms with Gasteiger partial charge in [-0.1, -0.05) is 0 Å². The first-order valence-electron chi connectivity index (χ1n) is 4.64. The maximum Gasteiger partial charge on any atom is 0.148 e. The van der Waals surface area contributed by atoms with Crippen molar-refractivity contribution < 1.29 is 5.11 Å². The second-order valence-electron chi connectivity index (χ2n) is 3.24. The minimum Gasteiger partial charge on any atom is -0.396 e. The Hall–Kier alpha value is -1.03. The normalized spacial score (nSPS) is 10.6. The summed E-state index contributed by atoms with van der Waals surface area (Å²) in [7, 11) is 0. The van der Waals surface area contributed by atoms with Crippen LogP contribution in [-0.2, 0) is 6.54 Å². The van der Waals surface area contributed by atoms with Gasteiger partial charge >= 0.3 is 0 Å². The van der Waals surface area contributed by atoms with Gasteiger partial charge in [-0.25, -0.2) is 0 Å². The van der Waals surface area contributed by atoms with Crippen molar-refractivity contribution in [2.45, 2.75) is 32.7 Å². The van der Waals surface area contributed by atoms with E-state index in [9.17, 15) is 0 Å². The molecule has 1 aromatic heterocycles. The number of aliphatic hydroxyl groups is 1. The molecule has 0 amide bonds. The van der Waals surface area contributed by atoms with Crippen molar-refractivity contribution in [1.82, 2.24) is 9.78 Å². The van der Waals surface area contributed by atoms with Crippen molar-refractivity contribution in [3.05, 3.63) is 11.8 Å². The van der Waals surface area contributed by atoms with Crippen molar-refractivity contribution in [1.29, 1.82) is 0 Å². The lowest BCUT2D eigenvalue weighted by Gasteiger charge is -1.99. The van der Waals surface area contributed by atoms with E-state index >= 15 is 0 Å². The molecule has 3 N–H and O–H groups in total. The van der Waals surface area contributed by atoms with Gasteiger partial charge in [0.1, 0.15) is 5.82 Å². The molecular weight excluding hydrogens is 166 g/mol. The molecule has 0 saturated carbocycles. The third-order valence-electron chi connectivity index (χ3n) is 2.03. The SMILES string of the molecule is Cc1cn(CCCCCO)nc1N. The minimum absolute atomic E-state index is 0.278. The van der Waals surface area contributed by atoms with Gasteiger partial charge in [-0.3, -0.25) is 4.68 Å². The van der Waals surface area contributed by atoms with Gasteiger partial charge in [0.15, 0.2) is 0 Å².